The number of rotatable bonds is 20. The van der Waals surface area contributed by atoms with E-state index in [1.165, 1.54) is 126 Å². The van der Waals surface area contributed by atoms with Gasteiger partial charge in [-0.15, -0.1) is 0 Å². The van der Waals surface area contributed by atoms with Crippen molar-refractivity contribution in [1.82, 2.24) is 15.6 Å². The highest BCUT2D eigenvalue weighted by atomic mass is 33.1. The van der Waals surface area contributed by atoms with Gasteiger partial charge in [0.05, 0.1) is 18.8 Å². The minimum Gasteiger partial charge on any atom is -0.504 e. The van der Waals surface area contributed by atoms with Crippen molar-refractivity contribution >= 4 is 27.5 Å². The minimum atomic E-state index is -0.915. The maximum absolute atomic E-state index is 11.8. The van der Waals surface area contributed by atoms with Crippen LogP contribution in [0.4, 0.5) is 0 Å². The van der Waals surface area contributed by atoms with Crippen LogP contribution in [0.15, 0.2) is 82.2 Å². The topological polar surface area (TPSA) is 208 Å². The highest BCUT2D eigenvalue weighted by Gasteiger charge is 2.63. The molecule has 1 saturated heterocycles. The third kappa shape index (κ3) is 13.5. The number of phenolic OH excluding ortho intramolecular Hbond substituents is 1. The molecular formula is C71H102N6O6S2. The molecule has 6 fully saturated rings. The number of aliphatic imine (C=N–C) groups is 1. The van der Waals surface area contributed by atoms with Gasteiger partial charge in [-0.2, -0.15) is 0 Å². The summed E-state index contributed by atoms with van der Waals surface area (Å²) >= 11 is 0. The second-order valence-corrected chi connectivity index (χ2v) is 31.0. The number of hydrogen-bond donors (Lipinski definition) is 9. The molecule has 6 bridgehead atoms. The number of aromatic hydroxyl groups is 1. The first-order valence-corrected chi connectivity index (χ1v) is 36.1. The van der Waals surface area contributed by atoms with Gasteiger partial charge in [0.25, 0.3) is 0 Å². The van der Waals surface area contributed by atoms with Crippen molar-refractivity contribution in [3.8, 4) is 11.5 Å². The van der Waals surface area contributed by atoms with Gasteiger partial charge in [-0.25, -0.2) is 4.99 Å². The molecule has 11 N–H and O–H groups in total. The van der Waals surface area contributed by atoms with Crippen LogP contribution in [0.3, 0.4) is 0 Å². The zero-order valence-corrected chi connectivity index (χ0v) is 52.8. The van der Waals surface area contributed by atoms with E-state index in [0.29, 0.717) is 84.5 Å². The Labute approximate surface area is 515 Å². The predicted molar refractivity (Wildman–Crippen MR) is 346 cm³/mol. The van der Waals surface area contributed by atoms with E-state index in [1.807, 2.05) is 46.7 Å². The molecule has 9 aliphatic rings. The number of aromatic amines is 1. The first-order valence-electron chi connectivity index (χ1n) is 33.6. The molecule has 0 radical (unpaired) electrons. The van der Waals surface area contributed by atoms with E-state index in [0.717, 1.165) is 78.0 Å². The van der Waals surface area contributed by atoms with Gasteiger partial charge in [-0.3, -0.25) is 0 Å². The number of nitrogens with one attached hydrogen (secondary N) is 3. The van der Waals surface area contributed by atoms with Crippen molar-refractivity contribution < 1.29 is 29.6 Å². The van der Waals surface area contributed by atoms with E-state index in [-0.39, 0.29) is 47.8 Å². The van der Waals surface area contributed by atoms with Gasteiger partial charge in [-0.05, 0) is 202 Å². The van der Waals surface area contributed by atoms with Gasteiger partial charge in [0.2, 0.25) is 0 Å². The average Bonchev–Trinajstić information content (AvgIpc) is 1.67. The Morgan fingerprint density at radius 1 is 0.835 bits per heavy atom. The standard InChI is InChI=1S/C71H102N6O6S2/c1-44-15-23-54-50-32-48(19-24-55(54)57(60(72)36-50)42-84-85-43-62(44)77-69(73)75-52-13-8-12-47(33-52)17-16-46-10-4-3-5-11-46)21-26-65-51(40-78)35-53(83-65)22-18-49-20-25-63(80)66(34-49)82-41-64(81)61-37-56-59(39-74-38-45(2)79)71-30-9-14-67(71)70(28-6-7-29-70)58(27-31-71)68(56)76-61/h3-5,10-11,20,25,27,31,34-35,37,44-45,47-48,50,52,54-55,57-60,62,64,67,74,76,78-81H,6-9,12-19,21-24,26,28-30,32-33,36,38-43,72H2,1-2H3,(H3,73,75,77)/t44-,45-,47+,48-,50+,52-,54-,55+,57+,58+,59-,60+,62+,64-,67+,71-/m0/s1. The molecule has 3 heterocycles. The van der Waals surface area contributed by atoms with E-state index < -0.39 is 12.2 Å². The zero-order valence-electron chi connectivity index (χ0n) is 51.1. The summed E-state index contributed by atoms with van der Waals surface area (Å²) in [7, 11) is 4.01. The number of aliphatic hydroxyl groups excluding tert-OH is 3. The number of furan rings is 1. The second-order valence-electron chi connectivity index (χ2n) is 28.4. The molecule has 2 aromatic carbocycles. The molecule has 13 rings (SSSR count). The first-order chi connectivity index (χ1) is 41.4. The van der Waals surface area contributed by atoms with E-state index in [1.54, 1.807) is 6.07 Å². The Balaban J connectivity index is 0.642. The van der Waals surface area contributed by atoms with E-state index in [9.17, 15) is 20.4 Å². The highest BCUT2D eigenvalue weighted by molar-refractivity contribution is 8.76. The number of guanidine groups is 1. The number of ether oxygens (including phenoxy) is 1. The summed E-state index contributed by atoms with van der Waals surface area (Å²) in [5.41, 5.74) is 20.9. The molecule has 16 atom stereocenters. The van der Waals surface area contributed by atoms with Crippen molar-refractivity contribution in [3.63, 3.8) is 0 Å². The number of benzene rings is 2. The van der Waals surface area contributed by atoms with Crippen LogP contribution >= 0.6 is 21.6 Å². The van der Waals surface area contributed by atoms with Crippen LogP contribution in [0.25, 0.3) is 0 Å². The monoisotopic (exact) mass is 1200 g/mol. The van der Waals surface area contributed by atoms with Crippen molar-refractivity contribution in [2.24, 2.45) is 74.6 Å². The summed E-state index contributed by atoms with van der Waals surface area (Å²) in [6.45, 7) is 5.55. The zero-order chi connectivity index (χ0) is 58.7. The molecule has 85 heavy (non-hydrogen) atoms. The van der Waals surface area contributed by atoms with E-state index in [4.69, 9.17) is 25.6 Å². The number of allylic oxidation sites excluding steroid dienone is 2. The summed E-state index contributed by atoms with van der Waals surface area (Å²) in [4.78, 5) is 9.06. The lowest BCUT2D eigenvalue weighted by Gasteiger charge is -2.52. The Hall–Kier alpha value is -3.89. The van der Waals surface area contributed by atoms with Crippen molar-refractivity contribution in [3.05, 3.63) is 118 Å². The number of aliphatic hydroxyl groups is 3. The van der Waals surface area contributed by atoms with Crippen molar-refractivity contribution in [2.45, 2.75) is 210 Å². The van der Waals surface area contributed by atoms with Gasteiger partial charge in [-0.1, -0.05) is 116 Å². The van der Waals surface area contributed by atoms with Crippen LogP contribution in [-0.4, -0.2) is 86.8 Å². The summed E-state index contributed by atoms with van der Waals surface area (Å²) in [6.07, 6.45) is 30.2. The Morgan fingerprint density at radius 3 is 2.48 bits per heavy atom. The molecule has 8 aliphatic carbocycles. The lowest BCUT2D eigenvalue weighted by Crippen LogP contribution is -2.47. The summed E-state index contributed by atoms with van der Waals surface area (Å²) in [5.74, 6) is 10.3. The normalized spacial score (nSPS) is 33.3. The second kappa shape index (κ2) is 27.5. The van der Waals surface area contributed by atoms with Crippen LogP contribution in [0.5, 0.6) is 11.5 Å². The summed E-state index contributed by atoms with van der Waals surface area (Å²) < 4.78 is 12.9. The number of nitrogens with two attached hydrogens (primary N) is 2. The van der Waals surface area contributed by atoms with Crippen LogP contribution in [-0.2, 0) is 32.3 Å². The molecule has 1 aliphatic heterocycles. The fourth-order valence-electron chi connectivity index (χ4n) is 19.0. The van der Waals surface area contributed by atoms with Gasteiger partial charge >= 0.3 is 0 Å². The lowest BCUT2D eigenvalue weighted by atomic mass is 9.52. The molecule has 0 amide bonds. The van der Waals surface area contributed by atoms with Crippen LogP contribution in [0.1, 0.15) is 199 Å². The Bertz CT molecular complexity index is 2890. The molecule has 12 nitrogen and oxygen atoms in total. The molecule has 2 aromatic heterocycles. The molecule has 4 aromatic rings. The van der Waals surface area contributed by atoms with E-state index >= 15 is 0 Å². The average molecular weight is 1200 g/mol. The van der Waals surface area contributed by atoms with Crippen LogP contribution in [0, 0.1) is 58.2 Å². The largest absolute Gasteiger partial charge is 0.504 e. The van der Waals surface area contributed by atoms with Crippen molar-refractivity contribution in [1.29, 1.82) is 0 Å². The lowest BCUT2D eigenvalue weighted by molar-refractivity contribution is 0.0440. The molecule has 2 spiro atoms. The number of nitrogens with zero attached hydrogens (tertiary/aromatic N) is 1. The van der Waals surface area contributed by atoms with Crippen LogP contribution in [0.2, 0.25) is 0 Å². The number of H-pyrrole nitrogens is 1. The van der Waals surface area contributed by atoms with Gasteiger partial charge in [0.1, 0.15) is 24.2 Å². The Kier molecular flexibility index (Phi) is 19.8. The number of aryl methyl sites for hydroxylation is 4. The number of aromatic nitrogens is 1. The summed E-state index contributed by atoms with van der Waals surface area (Å²) in [5, 5.41) is 51.0. The molecular weight excluding hydrogens is 1100 g/mol. The highest BCUT2D eigenvalue weighted by Crippen LogP contribution is 2.72. The van der Waals surface area contributed by atoms with Crippen LogP contribution < -0.4 is 26.8 Å². The van der Waals surface area contributed by atoms with E-state index in [2.05, 4.69) is 71.1 Å². The fraction of sp³-hybridized carbons (Fsp3) is 0.676. The smallest absolute Gasteiger partial charge is 0.189 e. The third-order valence-electron chi connectivity index (χ3n) is 23.3. The molecule has 14 heteroatoms. The number of phenols is 1. The quantitative estimate of drug-likeness (QED) is 0.0175. The van der Waals surface area contributed by atoms with Gasteiger partial charge in [0.15, 0.2) is 17.5 Å². The third-order valence-corrected chi connectivity index (χ3v) is 25.7. The van der Waals surface area contributed by atoms with Gasteiger partial charge in [0, 0.05) is 78.3 Å². The first kappa shape index (κ1) is 61.4. The van der Waals surface area contributed by atoms with Crippen molar-refractivity contribution in [2.75, 3.05) is 31.2 Å². The fourth-order valence-corrected chi connectivity index (χ4v) is 21.8. The van der Waals surface area contributed by atoms with Gasteiger partial charge < -0.3 is 56.7 Å². The maximum atomic E-state index is 11.8. The molecule has 0 unspecified atom stereocenters. The maximum Gasteiger partial charge on any atom is 0.189 e. The molecule has 5 saturated carbocycles. The molecule has 464 valence electrons. The number of hydrogen-bond acceptors (Lipinski definition) is 11. The minimum absolute atomic E-state index is 0.00228. The summed E-state index contributed by atoms with van der Waals surface area (Å²) in [6, 6.07) is 21.5. The SMILES string of the molecule is C[C@H](O)CNC[C@H]1c2cc([C@@H](O)COc3cc(CCc4cc(CO)c(CC[C@@H]5CC[C@H]6[C@H]7CSSC[C@@H](N=C(N)N[C@H]8CCC[C@H](CCc9ccccc9)C8)[C@@H](C)CC[C@H]6[C@H](C5)C[C@H]7N)o4)ccc3O)[nH]c2[C@H]2C=C[C@@]13CCC[C@@H]3C21CCCC1. The predicted octanol–water partition coefficient (Wildman–Crippen LogP) is 13.0. The Morgan fingerprint density at radius 2 is 1.65 bits per heavy atom.